The number of hydrogen-bond donors (Lipinski definition) is 1. The normalized spacial score (nSPS) is 16.1. The Hall–Kier alpha value is -1.09. The minimum atomic E-state index is 0.801. The second-order valence-electron chi connectivity index (χ2n) is 4.22. The van der Waals surface area contributed by atoms with E-state index in [1.807, 2.05) is 12.1 Å². The van der Waals surface area contributed by atoms with Gasteiger partial charge in [0.05, 0.1) is 5.69 Å². The molecule has 2 rings (SSSR count). The van der Waals surface area contributed by atoms with E-state index in [2.05, 4.69) is 16.9 Å². The molecule has 0 radical (unpaired) electrons. The number of anilines is 1. The quantitative estimate of drug-likeness (QED) is 0.784. The molecule has 0 unspecified atom stereocenters. The Bertz CT molecular complexity index is 307. The van der Waals surface area contributed by atoms with Crippen molar-refractivity contribution < 1.29 is 0 Å². The van der Waals surface area contributed by atoms with E-state index in [1.54, 1.807) is 6.20 Å². The lowest BCUT2D eigenvalue weighted by atomic mass is 10.3. The number of hydrogen-bond acceptors (Lipinski definition) is 3. The second-order valence-corrected chi connectivity index (χ2v) is 4.22. The summed E-state index contributed by atoms with van der Waals surface area (Å²) < 4.78 is 0. The zero-order valence-electron chi connectivity index (χ0n) is 8.61. The monoisotopic (exact) mass is 191 g/mol. The van der Waals surface area contributed by atoms with Gasteiger partial charge in [0.15, 0.2) is 0 Å². The Morgan fingerprint density at radius 2 is 2.36 bits per heavy atom. The summed E-state index contributed by atoms with van der Waals surface area (Å²) in [6, 6.07) is 3.77. The molecule has 76 valence electrons. The Morgan fingerprint density at radius 3 is 3.00 bits per heavy atom. The minimum absolute atomic E-state index is 0.801. The zero-order valence-corrected chi connectivity index (χ0v) is 8.61. The predicted octanol–water partition coefficient (Wildman–Crippen LogP) is 1.51. The highest BCUT2D eigenvalue weighted by Gasteiger charge is 2.22. The van der Waals surface area contributed by atoms with Crippen LogP contribution in [0.1, 0.15) is 18.5 Å². The number of pyridine rings is 1. The maximum Gasteiger partial charge on any atom is 0.0564 e. The van der Waals surface area contributed by atoms with Crippen LogP contribution in [0, 0.1) is 5.92 Å². The van der Waals surface area contributed by atoms with E-state index in [9.17, 15) is 0 Å². The molecule has 2 N–H and O–H groups in total. The van der Waals surface area contributed by atoms with Crippen LogP contribution in [0.25, 0.3) is 0 Å². The Kier molecular flexibility index (Phi) is 2.68. The summed E-state index contributed by atoms with van der Waals surface area (Å²) >= 11 is 0. The molecule has 0 atom stereocenters. The molecule has 0 bridgehead atoms. The van der Waals surface area contributed by atoms with Crippen molar-refractivity contribution in [3.05, 3.63) is 24.0 Å². The molecule has 1 aliphatic carbocycles. The number of rotatable bonds is 4. The maximum absolute atomic E-state index is 5.69. The first kappa shape index (κ1) is 9.46. The highest BCUT2D eigenvalue weighted by Crippen LogP contribution is 2.29. The van der Waals surface area contributed by atoms with Crippen molar-refractivity contribution in [2.24, 2.45) is 5.92 Å². The van der Waals surface area contributed by atoms with E-state index in [1.165, 1.54) is 19.4 Å². The molecule has 1 heterocycles. The largest absolute Gasteiger partial charge is 0.399 e. The molecule has 0 aromatic carbocycles. The van der Waals surface area contributed by atoms with Crippen molar-refractivity contribution in [1.29, 1.82) is 0 Å². The molecule has 1 aliphatic rings. The molecule has 1 fully saturated rings. The van der Waals surface area contributed by atoms with E-state index in [4.69, 9.17) is 5.73 Å². The van der Waals surface area contributed by atoms with Gasteiger partial charge in [-0.15, -0.1) is 0 Å². The van der Waals surface area contributed by atoms with E-state index in [0.717, 1.165) is 23.8 Å². The minimum Gasteiger partial charge on any atom is -0.399 e. The van der Waals surface area contributed by atoms with E-state index in [-0.39, 0.29) is 0 Å². The molecule has 3 nitrogen and oxygen atoms in total. The summed E-state index contributed by atoms with van der Waals surface area (Å²) in [4.78, 5) is 6.60. The van der Waals surface area contributed by atoms with Crippen LogP contribution in [0.15, 0.2) is 18.3 Å². The van der Waals surface area contributed by atoms with Gasteiger partial charge in [-0.25, -0.2) is 0 Å². The number of aromatic nitrogens is 1. The predicted molar refractivity (Wildman–Crippen MR) is 57.7 cm³/mol. The number of nitrogens with two attached hydrogens (primary N) is 1. The SMILES string of the molecule is CN(Cc1cc(N)ccn1)CC1CC1. The molecule has 14 heavy (non-hydrogen) atoms. The highest BCUT2D eigenvalue weighted by molar-refractivity contribution is 5.37. The van der Waals surface area contributed by atoms with Crippen molar-refractivity contribution in [2.75, 3.05) is 19.3 Å². The topological polar surface area (TPSA) is 42.1 Å². The molecule has 1 saturated carbocycles. The summed E-state index contributed by atoms with van der Waals surface area (Å²) in [5, 5.41) is 0. The summed E-state index contributed by atoms with van der Waals surface area (Å²) in [6.45, 7) is 2.10. The summed E-state index contributed by atoms with van der Waals surface area (Å²) in [5.41, 5.74) is 7.55. The van der Waals surface area contributed by atoms with Crippen LogP contribution in [0.5, 0.6) is 0 Å². The van der Waals surface area contributed by atoms with E-state index in [0.29, 0.717) is 0 Å². The van der Waals surface area contributed by atoms with Crippen molar-refractivity contribution in [3.8, 4) is 0 Å². The van der Waals surface area contributed by atoms with E-state index < -0.39 is 0 Å². The average Bonchev–Trinajstić information content (AvgIpc) is 2.87. The lowest BCUT2D eigenvalue weighted by Gasteiger charge is -2.15. The van der Waals surface area contributed by atoms with Gasteiger partial charge in [-0.2, -0.15) is 0 Å². The van der Waals surface area contributed by atoms with Gasteiger partial charge in [0.25, 0.3) is 0 Å². The van der Waals surface area contributed by atoms with Gasteiger partial charge >= 0.3 is 0 Å². The first-order valence-corrected chi connectivity index (χ1v) is 5.13. The van der Waals surface area contributed by atoms with Crippen LogP contribution >= 0.6 is 0 Å². The second kappa shape index (κ2) is 3.96. The maximum atomic E-state index is 5.69. The van der Waals surface area contributed by atoms with Crippen LogP contribution in [-0.2, 0) is 6.54 Å². The Morgan fingerprint density at radius 1 is 1.57 bits per heavy atom. The van der Waals surface area contributed by atoms with Gasteiger partial charge in [-0.1, -0.05) is 0 Å². The van der Waals surface area contributed by atoms with Crippen molar-refractivity contribution in [2.45, 2.75) is 19.4 Å². The fraction of sp³-hybridized carbons (Fsp3) is 0.545. The van der Waals surface area contributed by atoms with Gasteiger partial charge in [0.1, 0.15) is 0 Å². The smallest absolute Gasteiger partial charge is 0.0564 e. The Balaban J connectivity index is 1.88. The van der Waals surface area contributed by atoms with Gasteiger partial charge in [-0.05, 0) is 37.9 Å². The van der Waals surface area contributed by atoms with Crippen LogP contribution in [0.2, 0.25) is 0 Å². The first-order chi connectivity index (χ1) is 6.74. The molecule has 3 heteroatoms. The van der Waals surface area contributed by atoms with Crippen molar-refractivity contribution >= 4 is 5.69 Å². The third-order valence-electron chi connectivity index (χ3n) is 2.54. The highest BCUT2D eigenvalue weighted by atomic mass is 15.1. The number of nitrogens with zero attached hydrogens (tertiary/aromatic N) is 2. The van der Waals surface area contributed by atoms with Gasteiger partial charge in [0.2, 0.25) is 0 Å². The fourth-order valence-corrected chi connectivity index (χ4v) is 1.67. The van der Waals surface area contributed by atoms with Crippen LogP contribution in [0.4, 0.5) is 5.69 Å². The van der Waals surface area contributed by atoms with Gasteiger partial charge in [-0.3, -0.25) is 4.98 Å². The lowest BCUT2D eigenvalue weighted by Crippen LogP contribution is -2.21. The Labute approximate surface area is 84.9 Å². The van der Waals surface area contributed by atoms with Crippen LogP contribution < -0.4 is 5.73 Å². The third kappa shape index (κ3) is 2.70. The first-order valence-electron chi connectivity index (χ1n) is 5.13. The molecule has 0 saturated heterocycles. The molecule has 1 aromatic heterocycles. The summed E-state index contributed by atoms with van der Waals surface area (Å²) in [7, 11) is 2.14. The van der Waals surface area contributed by atoms with Crippen LogP contribution in [0.3, 0.4) is 0 Å². The summed E-state index contributed by atoms with van der Waals surface area (Å²) in [6.07, 6.45) is 4.57. The fourth-order valence-electron chi connectivity index (χ4n) is 1.67. The lowest BCUT2D eigenvalue weighted by molar-refractivity contribution is 0.309. The molecular formula is C11H17N3. The van der Waals surface area contributed by atoms with Crippen molar-refractivity contribution in [1.82, 2.24) is 9.88 Å². The zero-order chi connectivity index (χ0) is 9.97. The number of nitrogen functional groups attached to an aromatic ring is 1. The third-order valence-corrected chi connectivity index (χ3v) is 2.54. The summed E-state index contributed by atoms with van der Waals surface area (Å²) in [5.74, 6) is 0.932. The van der Waals surface area contributed by atoms with Crippen LogP contribution in [-0.4, -0.2) is 23.5 Å². The molecular weight excluding hydrogens is 174 g/mol. The molecule has 0 aliphatic heterocycles. The average molecular weight is 191 g/mol. The molecule has 0 spiro atoms. The molecule has 1 aromatic rings. The van der Waals surface area contributed by atoms with E-state index >= 15 is 0 Å². The van der Waals surface area contributed by atoms with Gasteiger partial charge in [0, 0.05) is 25.0 Å². The van der Waals surface area contributed by atoms with Gasteiger partial charge < -0.3 is 10.6 Å². The van der Waals surface area contributed by atoms with Crippen molar-refractivity contribution in [3.63, 3.8) is 0 Å². The standard InChI is InChI=1S/C11H17N3/c1-14(7-9-2-3-9)8-11-6-10(12)4-5-13-11/h4-6,9H,2-3,7-8H2,1H3,(H2,12,13). The molecule has 0 amide bonds.